The highest BCUT2D eigenvalue weighted by molar-refractivity contribution is 7.99. The summed E-state index contributed by atoms with van der Waals surface area (Å²) >= 11 is 1.83. The zero-order chi connectivity index (χ0) is 10.7. The number of hydrogen-bond donors (Lipinski definition) is 1. The molecule has 0 bridgehead atoms. The number of carboxylic acid groups (broad SMARTS) is 1. The third-order valence-corrected chi connectivity index (χ3v) is 3.91. The standard InChI is InChI=1S/C12H14O2S/c13-12(14)7-9-6-10(9)8-15-11-4-2-1-3-5-11/h1-5,9-10H,6-8H2,(H,13,14). The highest BCUT2D eigenvalue weighted by atomic mass is 32.2. The van der Waals surface area contributed by atoms with Gasteiger partial charge in [-0.05, 0) is 30.4 Å². The van der Waals surface area contributed by atoms with Crippen LogP contribution in [-0.2, 0) is 4.79 Å². The Labute approximate surface area is 93.7 Å². The first-order chi connectivity index (χ1) is 7.25. The van der Waals surface area contributed by atoms with Crippen LogP contribution in [0.1, 0.15) is 12.8 Å². The molecule has 2 nitrogen and oxygen atoms in total. The van der Waals surface area contributed by atoms with Crippen LogP contribution in [0.2, 0.25) is 0 Å². The Balaban J connectivity index is 1.71. The van der Waals surface area contributed by atoms with Gasteiger partial charge in [-0.25, -0.2) is 0 Å². The predicted octanol–water partition coefficient (Wildman–Crippen LogP) is 2.89. The summed E-state index contributed by atoms with van der Waals surface area (Å²) < 4.78 is 0. The van der Waals surface area contributed by atoms with Crippen molar-refractivity contribution in [3.05, 3.63) is 30.3 Å². The fraction of sp³-hybridized carbons (Fsp3) is 0.417. The normalized spacial score (nSPS) is 23.7. The van der Waals surface area contributed by atoms with E-state index in [0.29, 0.717) is 18.3 Å². The molecule has 80 valence electrons. The highest BCUT2D eigenvalue weighted by Gasteiger charge is 2.38. The van der Waals surface area contributed by atoms with E-state index in [1.807, 2.05) is 30.0 Å². The van der Waals surface area contributed by atoms with Crippen molar-refractivity contribution < 1.29 is 9.90 Å². The van der Waals surface area contributed by atoms with E-state index < -0.39 is 5.97 Å². The second-order valence-electron chi connectivity index (χ2n) is 3.98. The molecule has 0 saturated heterocycles. The van der Waals surface area contributed by atoms with Crippen molar-refractivity contribution in [1.29, 1.82) is 0 Å². The molecule has 0 spiro atoms. The van der Waals surface area contributed by atoms with Crippen molar-refractivity contribution in [2.24, 2.45) is 11.8 Å². The Hall–Kier alpha value is -0.960. The van der Waals surface area contributed by atoms with Crippen molar-refractivity contribution >= 4 is 17.7 Å². The van der Waals surface area contributed by atoms with Gasteiger partial charge in [-0.15, -0.1) is 11.8 Å². The molecule has 1 aromatic carbocycles. The van der Waals surface area contributed by atoms with Crippen LogP contribution < -0.4 is 0 Å². The fourth-order valence-corrected chi connectivity index (χ4v) is 2.87. The number of rotatable bonds is 5. The maximum Gasteiger partial charge on any atom is 0.303 e. The lowest BCUT2D eigenvalue weighted by Gasteiger charge is -1.99. The minimum Gasteiger partial charge on any atom is -0.481 e. The molecule has 1 N–H and O–H groups in total. The summed E-state index contributed by atoms with van der Waals surface area (Å²) in [7, 11) is 0. The first-order valence-electron chi connectivity index (χ1n) is 5.15. The lowest BCUT2D eigenvalue weighted by Crippen LogP contribution is -1.97. The number of benzene rings is 1. The molecule has 0 aromatic heterocycles. The van der Waals surface area contributed by atoms with E-state index in [-0.39, 0.29) is 0 Å². The molecular weight excluding hydrogens is 208 g/mol. The third kappa shape index (κ3) is 3.27. The van der Waals surface area contributed by atoms with Crippen LogP contribution in [0.3, 0.4) is 0 Å². The summed E-state index contributed by atoms with van der Waals surface area (Å²) in [6.45, 7) is 0. The summed E-state index contributed by atoms with van der Waals surface area (Å²) in [6, 6.07) is 10.3. The van der Waals surface area contributed by atoms with E-state index in [4.69, 9.17) is 5.11 Å². The van der Waals surface area contributed by atoms with E-state index in [1.54, 1.807) is 0 Å². The maximum absolute atomic E-state index is 10.5. The molecule has 1 fully saturated rings. The lowest BCUT2D eigenvalue weighted by atomic mass is 10.2. The van der Waals surface area contributed by atoms with Gasteiger partial charge in [-0.2, -0.15) is 0 Å². The summed E-state index contributed by atoms with van der Waals surface area (Å²) in [6.07, 6.45) is 1.44. The Morgan fingerprint density at radius 3 is 2.73 bits per heavy atom. The molecule has 1 saturated carbocycles. The van der Waals surface area contributed by atoms with Crippen LogP contribution in [0.4, 0.5) is 0 Å². The molecule has 2 atom stereocenters. The Morgan fingerprint density at radius 1 is 1.33 bits per heavy atom. The summed E-state index contributed by atoms with van der Waals surface area (Å²) in [4.78, 5) is 11.7. The highest BCUT2D eigenvalue weighted by Crippen LogP contribution is 2.44. The zero-order valence-corrected chi connectivity index (χ0v) is 9.24. The molecule has 0 heterocycles. The van der Waals surface area contributed by atoms with Crippen LogP contribution >= 0.6 is 11.8 Å². The smallest absolute Gasteiger partial charge is 0.303 e. The van der Waals surface area contributed by atoms with Crippen molar-refractivity contribution in [3.8, 4) is 0 Å². The fourth-order valence-electron chi connectivity index (χ4n) is 1.71. The van der Waals surface area contributed by atoms with Gasteiger partial charge in [0.15, 0.2) is 0 Å². The monoisotopic (exact) mass is 222 g/mol. The second-order valence-corrected chi connectivity index (χ2v) is 5.07. The van der Waals surface area contributed by atoms with E-state index in [1.165, 1.54) is 4.90 Å². The molecule has 1 aromatic rings. The number of hydrogen-bond acceptors (Lipinski definition) is 2. The second kappa shape index (κ2) is 4.71. The first-order valence-corrected chi connectivity index (χ1v) is 6.14. The average molecular weight is 222 g/mol. The average Bonchev–Trinajstić information content (AvgIpc) is 2.94. The molecule has 2 rings (SSSR count). The first kappa shape index (κ1) is 10.6. The van der Waals surface area contributed by atoms with Gasteiger partial charge in [0.2, 0.25) is 0 Å². The maximum atomic E-state index is 10.5. The van der Waals surface area contributed by atoms with E-state index in [0.717, 1.165) is 12.2 Å². The van der Waals surface area contributed by atoms with E-state index >= 15 is 0 Å². The number of carboxylic acids is 1. The summed E-state index contributed by atoms with van der Waals surface area (Å²) in [5, 5.41) is 8.62. The molecule has 0 aliphatic heterocycles. The number of thioether (sulfide) groups is 1. The van der Waals surface area contributed by atoms with E-state index in [9.17, 15) is 4.79 Å². The van der Waals surface area contributed by atoms with Gasteiger partial charge in [0.25, 0.3) is 0 Å². The molecular formula is C12H14O2S. The van der Waals surface area contributed by atoms with Crippen molar-refractivity contribution in [3.63, 3.8) is 0 Å². The van der Waals surface area contributed by atoms with Gasteiger partial charge >= 0.3 is 5.97 Å². The van der Waals surface area contributed by atoms with Gasteiger partial charge in [-0.1, -0.05) is 18.2 Å². The zero-order valence-electron chi connectivity index (χ0n) is 8.43. The van der Waals surface area contributed by atoms with Crippen LogP contribution in [0.25, 0.3) is 0 Å². The van der Waals surface area contributed by atoms with Crippen molar-refractivity contribution in [2.45, 2.75) is 17.7 Å². The van der Waals surface area contributed by atoms with Gasteiger partial charge in [0.05, 0.1) is 0 Å². The van der Waals surface area contributed by atoms with Crippen LogP contribution in [-0.4, -0.2) is 16.8 Å². The van der Waals surface area contributed by atoms with Crippen molar-refractivity contribution in [2.75, 3.05) is 5.75 Å². The minimum atomic E-state index is -0.660. The SMILES string of the molecule is O=C(O)CC1CC1CSc1ccccc1. The molecule has 0 amide bonds. The van der Waals surface area contributed by atoms with Crippen molar-refractivity contribution in [1.82, 2.24) is 0 Å². The Morgan fingerprint density at radius 2 is 2.07 bits per heavy atom. The molecule has 0 radical (unpaired) electrons. The van der Waals surface area contributed by atoms with Gasteiger partial charge in [0.1, 0.15) is 0 Å². The number of aliphatic carboxylic acids is 1. The van der Waals surface area contributed by atoms with Crippen LogP contribution in [0.5, 0.6) is 0 Å². The molecule has 15 heavy (non-hydrogen) atoms. The Kier molecular flexibility index (Phi) is 3.31. The number of carbonyl (C=O) groups is 1. The molecule has 1 aliphatic carbocycles. The van der Waals surface area contributed by atoms with Crippen LogP contribution in [0.15, 0.2) is 35.2 Å². The van der Waals surface area contributed by atoms with Gasteiger partial charge in [0, 0.05) is 17.1 Å². The third-order valence-electron chi connectivity index (χ3n) is 2.71. The van der Waals surface area contributed by atoms with Crippen LogP contribution in [0, 0.1) is 11.8 Å². The van der Waals surface area contributed by atoms with Gasteiger partial charge in [-0.3, -0.25) is 4.79 Å². The minimum absolute atomic E-state index is 0.347. The molecule has 2 unspecified atom stereocenters. The summed E-state index contributed by atoms with van der Waals surface area (Å²) in [5.74, 6) is 1.44. The predicted molar refractivity (Wildman–Crippen MR) is 61.0 cm³/mol. The van der Waals surface area contributed by atoms with E-state index in [2.05, 4.69) is 12.1 Å². The molecule has 3 heteroatoms. The quantitative estimate of drug-likeness (QED) is 0.778. The Bertz CT molecular complexity index is 337. The summed E-state index contributed by atoms with van der Waals surface area (Å²) in [5.41, 5.74) is 0. The molecule has 1 aliphatic rings. The lowest BCUT2D eigenvalue weighted by molar-refractivity contribution is -0.137. The topological polar surface area (TPSA) is 37.3 Å². The van der Waals surface area contributed by atoms with Gasteiger partial charge < -0.3 is 5.11 Å². The largest absolute Gasteiger partial charge is 0.481 e.